The van der Waals surface area contributed by atoms with Gasteiger partial charge in [-0.05, 0) is 35.7 Å². The molecule has 0 aliphatic carbocycles. The van der Waals surface area contributed by atoms with Gasteiger partial charge in [0.05, 0.1) is 29.6 Å². The minimum absolute atomic E-state index is 0.270. The number of thiophene rings is 1. The Morgan fingerprint density at radius 1 is 1.17 bits per heavy atom. The van der Waals surface area contributed by atoms with Gasteiger partial charge < -0.3 is 14.0 Å². The standard InChI is InChI=1S/C19H22N4O4S3/c1-22-18(17-3-2-13-28-17)20-21-19(22)29-14-12-27-15-4-6-16(7-5-15)30(24,25)23-8-10-26-11-9-23/h2-7,13H,8-12,14H2,1H3. The molecule has 4 rings (SSSR count). The first-order chi connectivity index (χ1) is 14.6. The van der Waals surface area contributed by atoms with Crippen LogP contribution in [0.5, 0.6) is 5.75 Å². The third-order valence-electron chi connectivity index (χ3n) is 4.59. The summed E-state index contributed by atoms with van der Waals surface area (Å²) in [6.07, 6.45) is 0. The quantitative estimate of drug-likeness (QED) is 0.373. The summed E-state index contributed by atoms with van der Waals surface area (Å²) in [5, 5.41) is 11.3. The van der Waals surface area contributed by atoms with E-state index in [9.17, 15) is 8.42 Å². The zero-order chi connectivity index (χ0) is 21.0. The normalized spacial score (nSPS) is 15.4. The molecule has 0 N–H and O–H groups in total. The van der Waals surface area contributed by atoms with Crippen LogP contribution < -0.4 is 4.74 Å². The van der Waals surface area contributed by atoms with Gasteiger partial charge in [-0.2, -0.15) is 4.31 Å². The molecule has 8 nitrogen and oxygen atoms in total. The van der Waals surface area contributed by atoms with Crippen LogP contribution in [0.2, 0.25) is 0 Å². The summed E-state index contributed by atoms with van der Waals surface area (Å²) < 4.78 is 39.7. The van der Waals surface area contributed by atoms with Gasteiger partial charge in [-0.25, -0.2) is 8.42 Å². The Bertz CT molecular complexity index is 1060. The third kappa shape index (κ3) is 4.70. The molecule has 3 aromatic rings. The summed E-state index contributed by atoms with van der Waals surface area (Å²) in [6, 6.07) is 10.6. The lowest BCUT2D eigenvalue weighted by molar-refractivity contribution is 0.0730. The fourth-order valence-corrected chi connectivity index (χ4v) is 5.88. The third-order valence-corrected chi connectivity index (χ3v) is 8.35. The van der Waals surface area contributed by atoms with Gasteiger partial charge in [-0.3, -0.25) is 0 Å². The molecule has 160 valence electrons. The second-order valence-electron chi connectivity index (χ2n) is 6.53. The number of rotatable bonds is 8. The molecule has 1 aliphatic rings. The highest BCUT2D eigenvalue weighted by Gasteiger charge is 2.26. The van der Waals surface area contributed by atoms with Crippen molar-refractivity contribution in [2.75, 3.05) is 38.7 Å². The van der Waals surface area contributed by atoms with Crippen LogP contribution in [0.4, 0.5) is 0 Å². The minimum Gasteiger partial charge on any atom is -0.493 e. The zero-order valence-corrected chi connectivity index (χ0v) is 18.9. The molecule has 11 heteroatoms. The van der Waals surface area contributed by atoms with E-state index >= 15 is 0 Å². The van der Waals surface area contributed by atoms with E-state index in [1.807, 2.05) is 29.1 Å². The molecular weight excluding hydrogens is 444 g/mol. The average molecular weight is 467 g/mol. The SMILES string of the molecule is Cn1c(SCCOc2ccc(S(=O)(=O)N3CCOCC3)cc2)nnc1-c1cccs1. The van der Waals surface area contributed by atoms with E-state index in [0.717, 1.165) is 15.9 Å². The topological polar surface area (TPSA) is 86.5 Å². The predicted octanol–water partition coefficient (Wildman–Crippen LogP) is 2.74. The minimum atomic E-state index is -3.48. The lowest BCUT2D eigenvalue weighted by atomic mass is 10.3. The second-order valence-corrected chi connectivity index (χ2v) is 10.5. The Hall–Kier alpha value is -1.92. The number of ether oxygens (including phenoxy) is 2. The zero-order valence-electron chi connectivity index (χ0n) is 16.4. The Labute approximate surface area is 183 Å². The molecule has 1 aromatic carbocycles. The first kappa shape index (κ1) is 21.3. The van der Waals surface area contributed by atoms with Crippen molar-refractivity contribution in [3.8, 4) is 16.5 Å². The molecule has 0 amide bonds. The van der Waals surface area contributed by atoms with Crippen LogP contribution >= 0.6 is 23.1 Å². The van der Waals surface area contributed by atoms with E-state index < -0.39 is 10.0 Å². The molecule has 3 heterocycles. The molecule has 0 unspecified atom stereocenters. The van der Waals surface area contributed by atoms with E-state index in [2.05, 4.69) is 10.2 Å². The number of hydrogen-bond acceptors (Lipinski definition) is 8. The highest BCUT2D eigenvalue weighted by molar-refractivity contribution is 7.99. The monoisotopic (exact) mass is 466 g/mol. The van der Waals surface area contributed by atoms with Crippen LogP contribution in [-0.2, 0) is 21.8 Å². The van der Waals surface area contributed by atoms with Crippen LogP contribution in [0.3, 0.4) is 0 Å². The van der Waals surface area contributed by atoms with E-state index in [0.29, 0.717) is 44.4 Å². The number of nitrogens with zero attached hydrogens (tertiary/aromatic N) is 4. The Morgan fingerprint density at radius 3 is 2.63 bits per heavy atom. The Kier molecular flexibility index (Phi) is 6.74. The van der Waals surface area contributed by atoms with Gasteiger partial charge in [0, 0.05) is 25.9 Å². The van der Waals surface area contributed by atoms with Crippen molar-refractivity contribution in [2.24, 2.45) is 7.05 Å². The number of thioether (sulfide) groups is 1. The van der Waals surface area contributed by atoms with Crippen molar-refractivity contribution in [1.82, 2.24) is 19.1 Å². The van der Waals surface area contributed by atoms with Gasteiger partial charge in [0.2, 0.25) is 10.0 Å². The van der Waals surface area contributed by atoms with Gasteiger partial charge in [0.25, 0.3) is 0 Å². The molecule has 1 fully saturated rings. The van der Waals surface area contributed by atoms with Crippen LogP contribution in [0.1, 0.15) is 0 Å². The van der Waals surface area contributed by atoms with Gasteiger partial charge in [-0.1, -0.05) is 17.8 Å². The largest absolute Gasteiger partial charge is 0.493 e. The molecule has 2 aromatic heterocycles. The molecule has 0 bridgehead atoms. The van der Waals surface area contributed by atoms with Crippen molar-refractivity contribution in [1.29, 1.82) is 0 Å². The summed E-state index contributed by atoms with van der Waals surface area (Å²) >= 11 is 3.20. The lowest BCUT2D eigenvalue weighted by Crippen LogP contribution is -2.40. The molecule has 30 heavy (non-hydrogen) atoms. The first-order valence-corrected chi connectivity index (χ1v) is 12.7. The van der Waals surface area contributed by atoms with Gasteiger partial charge in [0.15, 0.2) is 11.0 Å². The summed E-state index contributed by atoms with van der Waals surface area (Å²) in [6.45, 7) is 2.10. The second kappa shape index (κ2) is 9.48. The van der Waals surface area contributed by atoms with Crippen LogP contribution in [0.25, 0.3) is 10.7 Å². The fourth-order valence-electron chi connectivity index (χ4n) is 3.00. The number of hydrogen-bond donors (Lipinski definition) is 0. The highest BCUT2D eigenvalue weighted by atomic mass is 32.2. The summed E-state index contributed by atoms with van der Waals surface area (Å²) in [5.74, 6) is 2.18. The van der Waals surface area contributed by atoms with E-state index in [4.69, 9.17) is 9.47 Å². The van der Waals surface area contributed by atoms with Gasteiger partial charge in [-0.15, -0.1) is 21.5 Å². The maximum atomic E-state index is 12.6. The maximum absolute atomic E-state index is 12.6. The van der Waals surface area contributed by atoms with Crippen LogP contribution in [0, 0.1) is 0 Å². The molecule has 1 saturated heterocycles. The number of aromatic nitrogens is 3. The molecule has 0 radical (unpaired) electrons. The van der Waals surface area contributed by atoms with Crippen LogP contribution in [-0.4, -0.2) is 66.2 Å². The maximum Gasteiger partial charge on any atom is 0.243 e. The van der Waals surface area contributed by atoms with Crippen LogP contribution in [0.15, 0.2) is 51.8 Å². The Balaban J connectivity index is 1.29. The predicted molar refractivity (Wildman–Crippen MR) is 117 cm³/mol. The molecule has 0 saturated carbocycles. The summed E-state index contributed by atoms with van der Waals surface area (Å²) in [7, 11) is -1.53. The lowest BCUT2D eigenvalue weighted by Gasteiger charge is -2.26. The number of sulfonamides is 1. The first-order valence-electron chi connectivity index (χ1n) is 9.42. The molecule has 0 spiro atoms. The molecule has 1 aliphatic heterocycles. The molecular formula is C19H22N4O4S3. The molecule has 0 atom stereocenters. The van der Waals surface area contributed by atoms with Crippen molar-refractivity contribution in [2.45, 2.75) is 10.1 Å². The van der Waals surface area contributed by atoms with E-state index in [1.54, 1.807) is 47.4 Å². The van der Waals surface area contributed by atoms with Gasteiger partial charge >= 0.3 is 0 Å². The summed E-state index contributed by atoms with van der Waals surface area (Å²) in [5.41, 5.74) is 0. The van der Waals surface area contributed by atoms with E-state index in [-0.39, 0.29) is 4.90 Å². The van der Waals surface area contributed by atoms with Gasteiger partial charge in [0.1, 0.15) is 5.75 Å². The van der Waals surface area contributed by atoms with Crippen molar-refractivity contribution in [3.63, 3.8) is 0 Å². The smallest absolute Gasteiger partial charge is 0.243 e. The van der Waals surface area contributed by atoms with Crippen molar-refractivity contribution in [3.05, 3.63) is 41.8 Å². The van der Waals surface area contributed by atoms with E-state index in [1.165, 1.54) is 4.31 Å². The summed E-state index contributed by atoms with van der Waals surface area (Å²) in [4.78, 5) is 1.35. The van der Waals surface area contributed by atoms with Crippen molar-refractivity contribution < 1.29 is 17.9 Å². The highest BCUT2D eigenvalue weighted by Crippen LogP contribution is 2.26. The number of morpholine rings is 1. The average Bonchev–Trinajstić information content (AvgIpc) is 3.42. The Morgan fingerprint density at radius 2 is 1.93 bits per heavy atom. The van der Waals surface area contributed by atoms with Crippen molar-refractivity contribution >= 4 is 33.1 Å². The number of benzene rings is 1. The fraction of sp³-hybridized carbons (Fsp3) is 0.368.